The van der Waals surface area contributed by atoms with Crippen molar-refractivity contribution in [3.8, 4) is 6.01 Å². The zero-order valence-corrected chi connectivity index (χ0v) is 13.4. The summed E-state index contributed by atoms with van der Waals surface area (Å²) >= 11 is 7.09. The number of hydrogen-bond acceptors (Lipinski definition) is 7. The summed E-state index contributed by atoms with van der Waals surface area (Å²) in [5, 5.41) is 4.96. The van der Waals surface area contributed by atoms with Gasteiger partial charge in [-0.2, -0.15) is 4.98 Å². The van der Waals surface area contributed by atoms with Crippen molar-refractivity contribution in [1.29, 1.82) is 0 Å². The van der Waals surface area contributed by atoms with Crippen LogP contribution in [-0.2, 0) is 10.0 Å². The lowest BCUT2D eigenvalue weighted by atomic mass is 10.5. The molecule has 2 aromatic rings. The summed E-state index contributed by atoms with van der Waals surface area (Å²) in [6.45, 7) is 0.521. The highest BCUT2D eigenvalue weighted by molar-refractivity contribution is 7.91. The first kappa shape index (κ1) is 16.0. The molecule has 10 heteroatoms. The maximum absolute atomic E-state index is 11.9. The first-order valence-corrected chi connectivity index (χ1v) is 8.60. The number of nitrogens with one attached hydrogen (secondary N) is 2. The van der Waals surface area contributed by atoms with Crippen LogP contribution in [0.15, 0.2) is 27.9 Å². The third kappa shape index (κ3) is 4.27. The van der Waals surface area contributed by atoms with Crippen molar-refractivity contribution in [1.82, 2.24) is 14.7 Å². The monoisotopic (exact) mass is 348 g/mol. The number of nitrogens with zero attached hydrogens (tertiary/aromatic N) is 2. The Morgan fingerprint density at radius 3 is 2.90 bits per heavy atom. The topological polar surface area (TPSA) is 93.2 Å². The first-order valence-electron chi connectivity index (χ1n) is 5.86. The van der Waals surface area contributed by atoms with E-state index >= 15 is 0 Å². The van der Waals surface area contributed by atoms with Gasteiger partial charge in [0.1, 0.15) is 9.23 Å². The molecule has 7 nitrogen and oxygen atoms in total. The molecular weight excluding hydrogens is 336 g/mol. The summed E-state index contributed by atoms with van der Waals surface area (Å²) in [4.78, 5) is 7.87. The number of methoxy groups -OCH3 is 1. The predicted molar refractivity (Wildman–Crippen MR) is 81.6 cm³/mol. The molecule has 0 saturated heterocycles. The lowest BCUT2D eigenvalue weighted by Gasteiger charge is -2.09. The Kier molecular flexibility index (Phi) is 5.34. The molecule has 2 aromatic heterocycles. The van der Waals surface area contributed by atoms with Crippen LogP contribution in [0.2, 0.25) is 5.02 Å². The number of hydrogen-bond donors (Lipinski definition) is 2. The van der Waals surface area contributed by atoms with Gasteiger partial charge in [-0.1, -0.05) is 17.7 Å². The van der Waals surface area contributed by atoms with Crippen LogP contribution in [0.4, 0.5) is 5.82 Å². The smallest absolute Gasteiger partial charge is 0.318 e. The Balaban J connectivity index is 1.88. The van der Waals surface area contributed by atoms with E-state index < -0.39 is 10.0 Å². The highest BCUT2D eigenvalue weighted by Gasteiger charge is 2.14. The van der Waals surface area contributed by atoms with E-state index in [1.807, 2.05) is 0 Å². The normalized spacial score (nSPS) is 11.3. The number of rotatable bonds is 7. The summed E-state index contributed by atoms with van der Waals surface area (Å²) in [6, 6.07) is 3.41. The molecule has 2 rings (SSSR count). The molecule has 0 aliphatic heterocycles. The van der Waals surface area contributed by atoms with Crippen molar-refractivity contribution in [3.63, 3.8) is 0 Å². The van der Waals surface area contributed by atoms with Crippen LogP contribution < -0.4 is 14.8 Å². The quantitative estimate of drug-likeness (QED) is 0.738. The van der Waals surface area contributed by atoms with E-state index in [9.17, 15) is 8.42 Å². The molecule has 21 heavy (non-hydrogen) atoms. The van der Waals surface area contributed by atoms with E-state index in [1.54, 1.807) is 17.5 Å². The van der Waals surface area contributed by atoms with Gasteiger partial charge in [-0.05, 0) is 11.4 Å². The van der Waals surface area contributed by atoms with Crippen LogP contribution in [-0.4, -0.2) is 38.6 Å². The molecule has 0 aliphatic carbocycles. The fourth-order valence-corrected chi connectivity index (χ4v) is 3.65. The van der Waals surface area contributed by atoms with Crippen LogP contribution in [0.25, 0.3) is 0 Å². The predicted octanol–water partition coefficient (Wildman–Crippen LogP) is 1.59. The fraction of sp³-hybridized carbons (Fsp3) is 0.273. The summed E-state index contributed by atoms with van der Waals surface area (Å²) in [6.07, 6.45) is 1.41. The van der Waals surface area contributed by atoms with Gasteiger partial charge >= 0.3 is 6.01 Å². The van der Waals surface area contributed by atoms with Gasteiger partial charge < -0.3 is 10.1 Å². The zero-order chi connectivity index (χ0) is 15.3. The van der Waals surface area contributed by atoms with E-state index in [4.69, 9.17) is 16.3 Å². The van der Waals surface area contributed by atoms with Gasteiger partial charge in [0.05, 0.1) is 13.3 Å². The summed E-state index contributed by atoms with van der Waals surface area (Å²) in [7, 11) is -2.01. The van der Waals surface area contributed by atoms with Gasteiger partial charge in [0, 0.05) is 13.1 Å². The Bertz CT molecular complexity index is 691. The number of aromatic nitrogens is 2. The van der Waals surface area contributed by atoms with Crippen LogP contribution in [0.3, 0.4) is 0 Å². The average Bonchev–Trinajstić information content (AvgIpc) is 3.00. The van der Waals surface area contributed by atoms with Gasteiger partial charge in [0.25, 0.3) is 0 Å². The largest absolute Gasteiger partial charge is 0.467 e. The van der Waals surface area contributed by atoms with Gasteiger partial charge in [0.2, 0.25) is 10.0 Å². The first-order chi connectivity index (χ1) is 10.0. The van der Waals surface area contributed by atoms with E-state index in [-0.39, 0.29) is 16.8 Å². The molecule has 0 spiro atoms. The third-order valence-electron chi connectivity index (χ3n) is 2.37. The van der Waals surface area contributed by atoms with Crippen molar-refractivity contribution in [3.05, 3.63) is 28.7 Å². The molecule has 0 radical (unpaired) electrons. The van der Waals surface area contributed by atoms with Gasteiger partial charge in [-0.25, -0.2) is 18.1 Å². The summed E-state index contributed by atoms with van der Waals surface area (Å²) in [5.74, 6) is 0.388. The minimum Gasteiger partial charge on any atom is -0.467 e. The molecule has 0 atom stereocenters. The minimum absolute atomic E-state index is 0.182. The van der Waals surface area contributed by atoms with Crippen LogP contribution in [0.5, 0.6) is 6.01 Å². The van der Waals surface area contributed by atoms with Crippen molar-refractivity contribution >= 4 is 38.8 Å². The number of anilines is 1. The molecule has 0 unspecified atom stereocenters. The van der Waals surface area contributed by atoms with Crippen LogP contribution in [0, 0.1) is 0 Å². The molecule has 2 heterocycles. The third-order valence-corrected chi connectivity index (χ3v) is 5.51. The van der Waals surface area contributed by atoms with Gasteiger partial charge in [0.15, 0.2) is 5.82 Å². The average molecular weight is 349 g/mol. The number of ether oxygens (including phenoxy) is 1. The van der Waals surface area contributed by atoms with Gasteiger partial charge in [-0.15, -0.1) is 11.3 Å². The highest BCUT2D eigenvalue weighted by Crippen LogP contribution is 2.19. The minimum atomic E-state index is -3.46. The SMILES string of the molecule is COc1ncc(Cl)c(NCCNS(=O)(=O)c2cccs2)n1. The Hall–Kier alpha value is -1.42. The number of sulfonamides is 1. The molecular formula is C11H13ClN4O3S2. The highest BCUT2D eigenvalue weighted by atomic mass is 35.5. The summed E-state index contributed by atoms with van der Waals surface area (Å²) in [5.41, 5.74) is 0. The number of halogens is 1. The zero-order valence-electron chi connectivity index (χ0n) is 11.0. The standard InChI is InChI=1S/C11H13ClN4O3S2/c1-19-11-14-7-8(12)10(16-11)13-4-5-15-21(17,18)9-3-2-6-20-9/h2-3,6-7,15H,4-5H2,1H3,(H,13,14,16). The second-order valence-electron chi connectivity index (χ2n) is 3.81. The molecule has 0 aromatic carbocycles. The molecule has 114 valence electrons. The Morgan fingerprint density at radius 1 is 1.43 bits per heavy atom. The Labute approximate surface area is 131 Å². The van der Waals surface area contributed by atoms with E-state index in [1.165, 1.54) is 13.3 Å². The molecule has 0 amide bonds. The van der Waals surface area contributed by atoms with E-state index in [2.05, 4.69) is 20.0 Å². The van der Waals surface area contributed by atoms with Crippen LogP contribution >= 0.6 is 22.9 Å². The van der Waals surface area contributed by atoms with Crippen molar-refractivity contribution < 1.29 is 13.2 Å². The van der Waals surface area contributed by atoms with Gasteiger partial charge in [-0.3, -0.25) is 0 Å². The van der Waals surface area contributed by atoms with E-state index in [0.717, 1.165) is 11.3 Å². The fourth-order valence-electron chi connectivity index (χ4n) is 1.43. The molecule has 0 bridgehead atoms. The lowest BCUT2D eigenvalue weighted by molar-refractivity contribution is 0.380. The number of thiophene rings is 1. The second kappa shape index (κ2) is 7.03. The van der Waals surface area contributed by atoms with Crippen LogP contribution in [0.1, 0.15) is 0 Å². The van der Waals surface area contributed by atoms with Crippen molar-refractivity contribution in [2.24, 2.45) is 0 Å². The van der Waals surface area contributed by atoms with Crippen molar-refractivity contribution in [2.75, 3.05) is 25.5 Å². The molecule has 2 N–H and O–H groups in total. The lowest BCUT2D eigenvalue weighted by Crippen LogP contribution is -2.28. The molecule has 0 aliphatic rings. The summed E-state index contributed by atoms with van der Waals surface area (Å²) < 4.78 is 31.4. The maximum atomic E-state index is 11.9. The Morgan fingerprint density at radius 2 is 2.24 bits per heavy atom. The van der Waals surface area contributed by atoms with Crippen molar-refractivity contribution in [2.45, 2.75) is 4.21 Å². The van der Waals surface area contributed by atoms with E-state index in [0.29, 0.717) is 17.4 Å². The molecule has 0 fully saturated rings. The molecule has 0 saturated carbocycles. The second-order valence-corrected chi connectivity index (χ2v) is 7.16. The maximum Gasteiger partial charge on any atom is 0.318 e.